The zero-order valence-electron chi connectivity index (χ0n) is 31.2. The van der Waals surface area contributed by atoms with E-state index in [4.69, 9.17) is 14.4 Å². The first-order valence-electron chi connectivity index (χ1n) is 18.5. The number of unbranched alkanes of at least 4 members (excludes halogenated alkanes) is 1. The molecule has 274 valence electrons. The summed E-state index contributed by atoms with van der Waals surface area (Å²) in [7, 11) is 0. The van der Waals surface area contributed by atoms with Crippen molar-refractivity contribution in [1.82, 2.24) is 0 Å². The van der Waals surface area contributed by atoms with E-state index in [2.05, 4.69) is 24.2 Å². The molecule has 2 aromatic carbocycles. The summed E-state index contributed by atoms with van der Waals surface area (Å²) in [5.41, 5.74) is 3.19. The third kappa shape index (κ3) is 13.0. The van der Waals surface area contributed by atoms with Crippen LogP contribution in [0.5, 0.6) is 11.5 Å². The van der Waals surface area contributed by atoms with Crippen LogP contribution >= 0.6 is 0 Å². The average Bonchev–Trinajstić information content (AvgIpc) is 3.09. The van der Waals surface area contributed by atoms with E-state index >= 15 is 0 Å². The Balaban J connectivity index is 1.98. The molecule has 0 saturated heterocycles. The molecule has 1 aliphatic rings. The minimum Gasteiger partial charge on any atom is -0.450 e. The van der Waals surface area contributed by atoms with Gasteiger partial charge in [0.1, 0.15) is 5.75 Å². The van der Waals surface area contributed by atoms with Crippen LogP contribution in [0.1, 0.15) is 142 Å². The van der Waals surface area contributed by atoms with Gasteiger partial charge >= 0.3 is 17.6 Å². The Morgan fingerprint density at radius 2 is 1.40 bits per heavy atom. The van der Waals surface area contributed by atoms with E-state index in [-0.39, 0.29) is 23.3 Å². The number of benzene rings is 2. The summed E-state index contributed by atoms with van der Waals surface area (Å²) in [6.45, 7) is 13.4. The summed E-state index contributed by atoms with van der Waals surface area (Å²) in [6, 6.07) is 10.5. The molecule has 0 heterocycles. The quantitative estimate of drug-likeness (QED) is 0.0471. The van der Waals surface area contributed by atoms with Gasteiger partial charge in [0.25, 0.3) is 0 Å². The van der Waals surface area contributed by atoms with Gasteiger partial charge in [-0.15, -0.1) is 0 Å². The van der Waals surface area contributed by atoms with Crippen molar-refractivity contribution in [2.75, 3.05) is 0 Å². The highest BCUT2D eigenvalue weighted by Gasteiger charge is 2.23. The maximum atomic E-state index is 12.4. The monoisotopic (exact) mass is 691 g/mol. The molecule has 0 atom stereocenters. The van der Waals surface area contributed by atoms with Crippen molar-refractivity contribution < 1.29 is 28.9 Å². The molecule has 0 unspecified atom stereocenters. The van der Waals surface area contributed by atoms with Crippen molar-refractivity contribution in [3.63, 3.8) is 0 Å². The molecule has 50 heavy (non-hydrogen) atoms. The van der Waals surface area contributed by atoms with E-state index in [9.17, 15) is 19.7 Å². The fraction of sp³-hybridized carbons (Fsp3) is 0.600. The van der Waals surface area contributed by atoms with E-state index in [1.807, 2.05) is 25.1 Å². The zero-order valence-corrected chi connectivity index (χ0v) is 31.2. The van der Waals surface area contributed by atoms with Crippen molar-refractivity contribution in [2.45, 2.75) is 132 Å². The average molecular weight is 692 g/mol. The number of carbonyl (C=O) groups is 2. The van der Waals surface area contributed by atoms with Crippen LogP contribution in [0.2, 0.25) is 0 Å². The smallest absolute Gasteiger partial charge is 0.337 e. The van der Waals surface area contributed by atoms with Gasteiger partial charge in [-0.05, 0) is 85.4 Å². The van der Waals surface area contributed by atoms with Gasteiger partial charge in [0.2, 0.25) is 5.75 Å². The van der Waals surface area contributed by atoms with Gasteiger partial charge in [0, 0.05) is 11.6 Å². The number of aryl methyl sites for hydroxylation is 1. The second-order valence-electron chi connectivity index (χ2n) is 14.5. The number of nitrogens with zero attached hydrogens (tertiary/aromatic N) is 3. The second kappa shape index (κ2) is 20.6. The van der Waals surface area contributed by atoms with Gasteiger partial charge < -0.3 is 14.4 Å². The van der Waals surface area contributed by atoms with E-state index in [1.165, 1.54) is 25.3 Å². The number of hydrogen-bond donors (Lipinski definition) is 0. The van der Waals surface area contributed by atoms with E-state index in [0.717, 1.165) is 56.1 Å². The summed E-state index contributed by atoms with van der Waals surface area (Å²) < 4.78 is 6.33. The lowest BCUT2D eigenvalue weighted by Crippen LogP contribution is -2.13. The lowest BCUT2D eigenvalue weighted by Gasteiger charge is -2.21. The van der Waals surface area contributed by atoms with Gasteiger partial charge in [0.15, 0.2) is 0 Å². The van der Waals surface area contributed by atoms with Crippen LogP contribution in [-0.2, 0) is 25.7 Å². The molecule has 0 amide bonds. The van der Waals surface area contributed by atoms with Gasteiger partial charge in [0.05, 0.1) is 28.2 Å². The number of ether oxygens (including phenoxy) is 1. The maximum Gasteiger partial charge on any atom is 0.337 e. The maximum absolute atomic E-state index is 12.4. The van der Waals surface area contributed by atoms with Gasteiger partial charge in [-0.3, -0.25) is 10.1 Å². The highest BCUT2D eigenvalue weighted by molar-refractivity contribution is 6.02. The Morgan fingerprint density at radius 3 is 1.96 bits per heavy atom. The normalized spacial score (nSPS) is 14.4. The van der Waals surface area contributed by atoms with Crippen LogP contribution in [0.25, 0.3) is 0 Å². The van der Waals surface area contributed by atoms with Crippen LogP contribution in [-0.4, -0.2) is 28.3 Å². The Kier molecular flexibility index (Phi) is 16.6. The molecule has 0 radical (unpaired) electrons. The molecular weight excluding hydrogens is 634 g/mol. The molecule has 0 spiro atoms. The first-order valence-corrected chi connectivity index (χ1v) is 18.5. The minimum absolute atomic E-state index is 0.106. The molecule has 0 aromatic heterocycles. The summed E-state index contributed by atoms with van der Waals surface area (Å²) in [5, 5.41) is 20.9. The number of rotatable bonds is 19. The first-order chi connectivity index (χ1) is 23.9. The summed E-state index contributed by atoms with van der Waals surface area (Å²) in [6.07, 6.45) is 12.5. The first kappa shape index (κ1) is 40.4. The Bertz CT molecular complexity index is 1490. The lowest BCUT2D eigenvalue weighted by molar-refractivity contribution is -0.385. The number of oxime groups is 2. The van der Waals surface area contributed by atoms with Gasteiger partial charge in [-0.1, -0.05) is 110 Å². The van der Waals surface area contributed by atoms with Crippen molar-refractivity contribution in [2.24, 2.45) is 34.0 Å². The van der Waals surface area contributed by atoms with Crippen LogP contribution in [0.3, 0.4) is 0 Å². The predicted octanol–water partition coefficient (Wildman–Crippen LogP) is 10.7. The van der Waals surface area contributed by atoms with Crippen LogP contribution in [0.4, 0.5) is 5.69 Å². The lowest BCUT2D eigenvalue weighted by atomic mass is 9.85. The van der Waals surface area contributed by atoms with Gasteiger partial charge in [-0.25, -0.2) is 9.59 Å². The molecule has 3 rings (SSSR count). The van der Waals surface area contributed by atoms with Crippen molar-refractivity contribution in [1.29, 1.82) is 0 Å². The largest absolute Gasteiger partial charge is 0.450 e. The van der Waals surface area contributed by atoms with Crippen molar-refractivity contribution in [3.05, 3.63) is 63.2 Å². The zero-order chi connectivity index (χ0) is 36.6. The molecule has 0 bridgehead atoms. The molecule has 0 aliphatic heterocycles. The highest BCUT2D eigenvalue weighted by Crippen LogP contribution is 2.36. The Labute approximate surface area is 298 Å². The van der Waals surface area contributed by atoms with Crippen molar-refractivity contribution >= 4 is 29.0 Å². The van der Waals surface area contributed by atoms with Crippen LogP contribution < -0.4 is 4.74 Å². The fourth-order valence-corrected chi connectivity index (χ4v) is 5.92. The van der Waals surface area contributed by atoms with Crippen molar-refractivity contribution in [3.8, 4) is 11.5 Å². The highest BCUT2D eigenvalue weighted by atomic mass is 16.7. The molecule has 10 nitrogen and oxygen atoms in total. The standard InChI is InChI=1S/C40H57N3O7/c1-8-14-34(41-49-39(44)28(4)5)31-20-23-37(33(25-31)18-13-12-15-27(2)3)48-38-24-21-32(26-36(38)43(46)47)35(42-50-40(45)29(6)7)22-19-30-16-10-9-11-17-30/h20-21,23-30H,8-19,22H2,1-7H3/b41-34+,42-35-. The van der Waals surface area contributed by atoms with Crippen LogP contribution in [0, 0.1) is 33.8 Å². The topological polar surface area (TPSA) is 130 Å². The van der Waals surface area contributed by atoms with E-state index in [1.54, 1.807) is 39.8 Å². The third-order valence-electron chi connectivity index (χ3n) is 9.02. The summed E-state index contributed by atoms with van der Waals surface area (Å²) in [4.78, 5) is 46.9. The van der Waals surface area contributed by atoms with Crippen LogP contribution in [0.15, 0.2) is 46.7 Å². The minimum atomic E-state index is -0.455. The SMILES string of the molecule is CCC/C(=N\OC(=O)C(C)C)c1ccc(Oc2ccc(/C(CCC3CCCCC3)=N\OC(=O)C(C)C)cc2[N+](=O)[O-])c(CCCCC(C)C)c1. The molecule has 10 heteroatoms. The number of carbonyl (C=O) groups excluding carboxylic acids is 2. The Morgan fingerprint density at radius 1 is 0.820 bits per heavy atom. The molecule has 1 fully saturated rings. The van der Waals surface area contributed by atoms with E-state index in [0.29, 0.717) is 53.8 Å². The second-order valence-corrected chi connectivity index (χ2v) is 14.5. The summed E-state index contributed by atoms with van der Waals surface area (Å²) in [5.74, 6) is 0.253. The third-order valence-corrected chi connectivity index (χ3v) is 9.02. The molecule has 1 aliphatic carbocycles. The summed E-state index contributed by atoms with van der Waals surface area (Å²) >= 11 is 0. The number of nitro groups is 1. The molecule has 1 saturated carbocycles. The number of nitro benzene ring substituents is 1. The van der Waals surface area contributed by atoms with E-state index < -0.39 is 16.9 Å². The van der Waals surface area contributed by atoms with Gasteiger partial charge in [-0.2, -0.15) is 0 Å². The molecule has 0 N–H and O–H groups in total. The predicted molar refractivity (Wildman–Crippen MR) is 198 cm³/mol. The molecular formula is C40H57N3O7. The molecule has 2 aromatic rings. The fourth-order valence-electron chi connectivity index (χ4n) is 5.92. The Hall–Kier alpha value is -4.08. The number of hydrogen-bond acceptors (Lipinski definition) is 9.